The number of nitrogens with zero attached hydrogens (tertiary/aromatic N) is 2. The molecule has 98 valence electrons. The molecule has 1 rings (SSSR count). The van der Waals surface area contributed by atoms with Crippen molar-refractivity contribution < 1.29 is 14.6 Å². The molecule has 1 aromatic rings. The summed E-state index contributed by atoms with van der Waals surface area (Å²) in [6.07, 6.45) is 1.08. The molecular formula is C11H19BrN2O3. The fourth-order valence-corrected chi connectivity index (χ4v) is 1.98. The Kier molecular flexibility index (Phi) is 6.11. The summed E-state index contributed by atoms with van der Waals surface area (Å²) < 4.78 is 12.9. The second-order valence-electron chi connectivity index (χ2n) is 3.99. The topological polar surface area (TPSA) is 56.5 Å². The summed E-state index contributed by atoms with van der Waals surface area (Å²) in [7, 11) is 1.64. The van der Waals surface area contributed by atoms with Crippen molar-refractivity contribution in [2.75, 3.05) is 20.3 Å². The van der Waals surface area contributed by atoms with Crippen LogP contribution in [0.4, 0.5) is 0 Å². The number of hydrogen-bond acceptors (Lipinski definition) is 4. The highest BCUT2D eigenvalue weighted by Crippen LogP contribution is 2.23. The van der Waals surface area contributed by atoms with Crippen LogP contribution in [0.15, 0.2) is 10.7 Å². The fourth-order valence-electron chi connectivity index (χ4n) is 1.42. The summed E-state index contributed by atoms with van der Waals surface area (Å²) in [6.45, 7) is 5.29. The monoisotopic (exact) mass is 306 g/mol. The first kappa shape index (κ1) is 14.6. The van der Waals surface area contributed by atoms with Gasteiger partial charge in [0.25, 0.3) is 0 Å². The van der Waals surface area contributed by atoms with Gasteiger partial charge in [-0.05, 0) is 29.8 Å². The second kappa shape index (κ2) is 7.10. The number of hydrogen-bond donors (Lipinski definition) is 1. The third-order valence-electron chi connectivity index (χ3n) is 2.24. The van der Waals surface area contributed by atoms with Crippen molar-refractivity contribution >= 4 is 15.9 Å². The summed E-state index contributed by atoms with van der Waals surface area (Å²) in [6, 6.07) is 0. The molecule has 1 N–H and O–H groups in total. The van der Waals surface area contributed by atoms with Crippen LogP contribution in [0, 0.1) is 0 Å². The highest BCUT2D eigenvalue weighted by molar-refractivity contribution is 9.10. The average molecular weight is 307 g/mol. The molecule has 0 aromatic carbocycles. The molecule has 0 aliphatic heterocycles. The summed E-state index contributed by atoms with van der Waals surface area (Å²) in [5, 5.41) is 14.2. The predicted molar refractivity (Wildman–Crippen MR) is 67.9 cm³/mol. The Morgan fingerprint density at radius 1 is 1.53 bits per heavy atom. The van der Waals surface area contributed by atoms with Crippen LogP contribution >= 0.6 is 15.9 Å². The first-order chi connectivity index (χ1) is 8.06. The molecule has 17 heavy (non-hydrogen) atoms. The number of methoxy groups -OCH3 is 1. The Morgan fingerprint density at radius 2 is 2.24 bits per heavy atom. The van der Waals surface area contributed by atoms with E-state index in [1.165, 1.54) is 0 Å². The third kappa shape index (κ3) is 4.39. The smallest absolute Gasteiger partial charge is 0.120 e. The van der Waals surface area contributed by atoms with Gasteiger partial charge in [0.2, 0.25) is 0 Å². The number of aromatic nitrogens is 2. The molecular weight excluding hydrogens is 288 g/mol. The van der Waals surface area contributed by atoms with Crippen LogP contribution in [0.25, 0.3) is 0 Å². The lowest BCUT2D eigenvalue weighted by molar-refractivity contribution is 0.000739. The average Bonchev–Trinajstić information content (AvgIpc) is 2.64. The number of aliphatic hydroxyl groups excluding tert-OH is 1. The number of ether oxygens (including phenoxy) is 2. The van der Waals surface area contributed by atoms with Crippen LogP contribution in [0.5, 0.6) is 0 Å². The molecule has 1 unspecified atom stereocenters. The predicted octanol–water partition coefficient (Wildman–Crippen LogP) is 1.75. The first-order valence-electron chi connectivity index (χ1n) is 5.56. The summed E-state index contributed by atoms with van der Waals surface area (Å²) in [4.78, 5) is 0. The maximum atomic E-state index is 10.1. The van der Waals surface area contributed by atoms with Crippen molar-refractivity contribution in [2.24, 2.45) is 0 Å². The van der Waals surface area contributed by atoms with Crippen molar-refractivity contribution in [3.05, 3.63) is 16.4 Å². The Balaban J connectivity index is 2.69. The molecule has 1 atom stereocenters. The van der Waals surface area contributed by atoms with Gasteiger partial charge in [-0.25, -0.2) is 0 Å². The quantitative estimate of drug-likeness (QED) is 0.834. The standard InChI is InChI=1S/C11H19BrN2O3/c1-8(2)17-7-10(15)11-9(12)6-13-14(11)4-5-16-3/h6,8,10,15H,4-5,7H2,1-3H3. The summed E-state index contributed by atoms with van der Waals surface area (Å²) in [5.41, 5.74) is 0.725. The van der Waals surface area contributed by atoms with Gasteiger partial charge in [-0.3, -0.25) is 4.68 Å². The van der Waals surface area contributed by atoms with Crippen molar-refractivity contribution in [2.45, 2.75) is 32.6 Å². The summed E-state index contributed by atoms with van der Waals surface area (Å²) >= 11 is 3.38. The van der Waals surface area contributed by atoms with Gasteiger partial charge in [0.15, 0.2) is 0 Å². The lowest BCUT2D eigenvalue weighted by Crippen LogP contribution is -2.18. The van der Waals surface area contributed by atoms with E-state index in [9.17, 15) is 5.11 Å². The number of halogens is 1. The molecule has 0 fully saturated rings. The van der Waals surface area contributed by atoms with Gasteiger partial charge in [-0.1, -0.05) is 0 Å². The van der Waals surface area contributed by atoms with Crippen molar-refractivity contribution in [1.29, 1.82) is 0 Å². The van der Waals surface area contributed by atoms with Crippen LogP contribution in [-0.4, -0.2) is 41.3 Å². The molecule has 0 aliphatic rings. The van der Waals surface area contributed by atoms with Gasteiger partial charge >= 0.3 is 0 Å². The zero-order valence-corrected chi connectivity index (χ0v) is 12.0. The molecule has 1 heterocycles. The molecule has 1 aromatic heterocycles. The molecule has 5 nitrogen and oxygen atoms in total. The van der Waals surface area contributed by atoms with Crippen LogP contribution < -0.4 is 0 Å². The molecule has 0 aliphatic carbocycles. The van der Waals surface area contributed by atoms with Crippen LogP contribution in [0.3, 0.4) is 0 Å². The van der Waals surface area contributed by atoms with E-state index in [1.54, 1.807) is 18.0 Å². The molecule has 0 saturated carbocycles. The van der Waals surface area contributed by atoms with E-state index >= 15 is 0 Å². The molecule has 0 bridgehead atoms. The van der Waals surface area contributed by atoms with E-state index in [0.29, 0.717) is 13.2 Å². The lowest BCUT2D eigenvalue weighted by Gasteiger charge is -2.16. The van der Waals surface area contributed by atoms with Crippen molar-refractivity contribution in [3.63, 3.8) is 0 Å². The highest BCUT2D eigenvalue weighted by atomic mass is 79.9. The van der Waals surface area contributed by atoms with Crippen LogP contribution in [-0.2, 0) is 16.0 Å². The molecule has 6 heteroatoms. The minimum Gasteiger partial charge on any atom is -0.384 e. The zero-order chi connectivity index (χ0) is 12.8. The van der Waals surface area contributed by atoms with Gasteiger partial charge in [0.1, 0.15) is 6.10 Å². The Hall–Kier alpha value is -0.430. The molecule has 0 saturated heterocycles. The zero-order valence-electron chi connectivity index (χ0n) is 10.4. The molecule has 0 spiro atoms. The van der Waals surface area contributed by atoms with Crippen LogP contribution in [0.2, 0.25) is 0 Å². The van der Waals surface area contributed by atoms with Crippen molar-refractivity contribution in [1.82, 2.24) is 9.78 Å². The Labute approximate surface area is 110 Å². The Bertz CT molecular complexity index is 341. The van der Waals surface area contributed by atoms with Gasteiger partial charge in [-0.15, -0.1) is 0 Å². The molecule has 0 radical (unpaired) electrons. The van der Waals surface area contributed by atoms with E-state index in [4.69, 9.17) is 9.47 Å². The molecule has 0 amide bonds. The Morgan fingerprint density at radius 3 is 2.82 bits per heavy atom. The second-order valence-corrected chi connectivity index (χ2v) is 4.85. The number of rotatable bonds is 7. The summed E-state index contributed by atoms with van der Waals surface area (Å²) in [5.74, 6) is 0. The normalized spacial score (nSPS) is 13.3. The SMILES string of the molecule is COCCn1ncc(Br)c1C(O)COC(C)C. The third-order valence-corrected chi connectivity index (χ3v) is 2.85. The van der Waals surface area contributed by atoms with Gasteiger partial charge < -0.3 is 14.6 Å². The fraction of sp³-hybridized carbons (Fsp3) is 0.727. The van der Waals surface area contributed by atoms with Gasteiger partial charge in [0.05, 0.1) is 42.2 Å². The first-order valence-corrected chi connectivity index (χ1v) is 6.35. The van der Waals surface area contributed by atoms with E-state index < -0.39 is 6.10 Å². The van der Waals surface area contributed by atoms with E-state index in [0.717, 1.165) is 10.2 Å². The number of aliphatic hydroxyl groups is 1. The maximum Gasteiger partial charge on any atom is 0.120 e. The van der Waals surface area contributed by atoms with Gasteiger partial charge in [-0.2, -0.15) is 5.10 Å². The minimum absolute atomic E-state index is 0.0961. The van der Waals surface area contributed by atoms with Crippen molar-refractivity contribution in [3.8, 4) is 0 Å². The maximum absolute atomic E-state index is 10.1. The lowest BCUT2D eigenvalue weighted by atomic mass is 10.2. The van der Waals surface area contributed by atoms with E-state index in [2.05, 4.69) is 21.0 Å². The van der Waals surface area contributed by atoms with Gasteiger partial charge in [0, 0.05) is 7.11 Å². The largest absolute Gasteiger partial charge is 0.384 e. The highest BCUT2D eigenvalue weighted by Gasteiger charge is 2.18. The van der Waals surface area contributed by atoms with E-state index in [-0.39, 0.29) is 12.7 Å². The minimum atomic E-state index is -0.689. The van der Waals surface area contributed by atoms with E-state index in [1.807, 2.05) is 13.8 Å². The van der Waals surface area contributed by atoms with Crippen LogP contribution in [0.1, 0.15) is 25.6 Å².